The van der Waals surface area contributed by atoms with Gasteiger partial charge in [0.15, 0.2) is 0 Å². The van der Waals surface area contributed by atoms with Crippen LogP contribution in [0.5, 0.6) is 0 Å². The number of rotatable bonds is 6. The van der Waals surface area contributed by atoms with E-state index in [9.17, 15) is 9.18 Å². The molecule has 1 aliphatic rings. The van der Waals surface area contributed by atoms with E-state index in [2.05, 4.69) is 31.5 Å². The van der Waals surface area contributed by atoms with Gasteiger partial charge < -0.3 is 10.6 Å². The van der Waals surface area contributed by atoms with E-state index in [-0.39, 0.29) is 18.4 Å². The first-order valence-corrected chi connectivity index (χ1v) is 9.11. The van der Waals surface area contributed by atoms with Gasteiger partial charge >= 0.3 is 0 Å². The van der Waals surface area contributed by atoms with Crippen molar-refractivity contribution in [3.05, 3.63) is 22.4 Å². The van der Waals surface area contributed by atoms with Crippen LogP contribution in [0, 0.1) is 5.92 Å². The Kier molecular flexibility index (Phi) is 6.81. The number of aromatic nitrogens is 1. The van der Waals surface area contributed by atoms with Crippen molar-refractivity contribution in [2.45, 2.75) is 58.2 Å². The summed E-state index contributed by atoms with van der Waals surface area (Å²) in [5.41, 5.74) is 1.23. The molecule has 2 rings (SSSR count). The molecule has 1 amide bonds. The molecule has 1 atom stereocenters. The van der Waals surface area contributed by atoms with Gasteiger partial charge in [-0.2, -0.15) is 0 Å². The molecule has 23 heavy (non-hydrogen) atoms. The molecule has 0 bridgehead atoms. The average Bonchev–Trinajstić information content (AvgIpc) is 2.53. The zero-order valence-corrected chi connectivity index (χ0v) is 15.3. The summed E-state index contributed by atoms with van der Waals surface area (Å²) < 4.78 is 14.4. The smallest absolute Gasteiger partial charge is 0.255 e. The summed E-state index contributed by atoms with van der Waals surface area (Å²) in [5.74, 6) is -0.398. The van der Waals surface area contributed by atoms with Gasteiger partial charge in [-0.05, 0) is 40.8 Å². The van der Waals surface area contributed by atoms with Gasteiger partial charge in [-0.25, -0.2) is 9.37 Å². The minimum atomic E-state index is -1.04. The summed E-state index contributed by atoms with van der Waals surface area (Å²) in [6, 6.07) is 2.20. The normalized spacial score (nSPS) is 17.1. The SMILES string of the molecule is CC(C)C(F)CNC(=O)c1cnc(Br)cc1NC1CCCCC1. The van der Waals surface area contributed by atoms with Gasteiger partial charge in [0, 0.05) is 18.8 Å². The third kappa shape index (κ3) is 5.44. The van der Waals surface area contributed by atoms with Crippen LogP contribution in [-0.4, -0.2) is 29.6 Å². The molecular formula is C17H25BrFN3O. The number of pyridine rings is 1. The second-order valence-electron chi connectivity index (χ2n) is 6.50. The van der Waals surface area contributed by atoms with Crippen LogP contribution in [0.15, 0.2) is 16.9 Å². The third-order valence-corrected chi connectivity index (χ3v) is 4.69. The quantitative estimate of drug-likeness (QED) is 0.717. The molecule has 1 unspecified atom stereocenters. The van der Waals surface area contributed by atoms with Crippen molar-refractivity contribution in [3.63, 3.8) is 0 Å². The van der Waals surface area contributed by atoms with Crippen LogP contribution in [0.2, 0.25) is 0 Å². The van der Waals surface area contributed by atoms with E-state index in [1.54, 1.807) is 13.8 Å². The highest BCUT2D eigenvalue weighted by molar-refractivity contribution is 9.10. The number of anilines is 1. The van der Waals surface area contributed by atoms with Gasteiger partial charge in [0.25, 0.3) is 5.91 Å². The molecule has 1 aromatic heterocycles. The number of amides is 1. The first-order valence-electron chi connectivity index (χ1n) is 8.31. The van der Waals surface area contributed by atoms with Crippen LogP contribution in [0.1, 0.15) is 56.3 Å². The predicted molar refractivity (Wildman–Crippen MR) is 94.5 cm³/mol. The van der Waals surface area contributed by atoms with E-state index in [1.165, 1.54) is 25.5 Å². The molecule has 1 aliphatic carbocycles. The van der Waals surface area contributed by atoms with Crippen LogP contribution in [0.4, 0.5) is 10.1 Å². The highest BCUT2D eigenvalue weighted by atomic mass is 79.9. The molecule has 0 radical (unpaired) electrons. The molecule has 0 saturated heterocycles. The zero-order chi connectivity index (χ0) is 16.8. The topological polar surface area (TPSA) is 54.0 Å². The minimum Gasteiger partial charge on any atom is -0.382 e. The Balaban J connectivity index is 2.06. The lowest BCUT2D eigenvalue weighted by atomic mass is 9.95. The Morgan fingerprint density at radius 3 is 2.74 bits per heavy atom. The van der Waals surface area contributed by atoms with Crippen LogP contribution in [-0.2, 0) is 0 Å². The summed E-state index contributed by atoms with van der Waals surface area (Å²) >= 11 is 3.35. The fraction of sp³-hybridized carbons (Fsp3) is 0.647. The lowest BCUT2D eigenvalue weighted by Crippen LogP contribution is -2.33. The van der Waals surface area contributed by atoms with Gasteiger partial charge in [-0.1, -0.05) is 33.1 Å². The monoisotopic (exact) mass is 385 g/mol. The van der Waals surface area contributed by atoms with Crippen molar-refractivity contribution >= 4 is 27.5 Å². The van der Waals surface area contributed by atoms with Crippen molar-refractivity contribution in [3.8, 4) is 0 Å². The Hall–Kier alpha value is -1.17. The number of halogens is 2. The summed E-state index contributed by atoms with van der Waals surface area (Å²) in [4.78, 5) is 16.5. The highest BCUT2D eigenvalue weighted by Gasteiger charge is 2.19. The summed E-state index contributed by atoms with van der Waals surface area (Å²) in [5, 5.41) is 6.12. The maximum Gasteiger partial charge on any atom is 0.255 e. The molecule has 1 aromatic rings. The maximum absolute atomic E-state index is 13.7. The first-order chi connectivity index (χ1) is 11.0. The number of carbonyl (C=O) groups is 1. The number of hydrogen-bond acceptors (Lipinski definition) is 3. The lowest BCUT2D eigenvalue weighted by Gasteiger charge is -2.25. The molecule has 1 saturated carbocycles. The summed E-state index contributed by atoms with van der Waals surface area (Å²) in [6.45, 7) is 3.62. The molecule has 0 spiro atoms. The number of hydrogen-bond donors (Lipinski definition) is 2. The number of carbonyl (C=O) groups excluding carboxylic acids is 1. The van der Waals surface area contributed by atoms with Crippen LogP contribution < -0.4 is 10.6 Å². The largest absolute Gasteiger partial charge is 0.382 e. The van der Waals surface area contributed by atoms with Crippen molar-refractivity contribution in [2.75, 3.05) is 11.9 Å². The summed E-state index contributed by atoms with van der Waals surface area (Å²) in [6.07, 6.45) is 6.41. The molecule has 0 aromatic carbocycles. The molecule has 0 aliphatic heterocycles. The van der Waals surface area contributed by atoms with Crippen LogP contribution >= 0.6 is 15.9 Å². The zero-order valence-electron chi connectivity index (χ0n) is 13.7. The number of nitrogens with zero attached hydrogens (tertiary/aromatic N) is 1. The van der Waals surface area contributed by atoms with E-state index >= 15 is 0 Å². The number of nitrogens with one attached hydrogen (secondary N) is 2. The van der Waals surface area contributed by atoms with Gasteiger partial charge in [0.2, 0.25) is 0 Å². The van der Waals surface area contributed by atoms with E-state index in [4.69, 9.17) is 0 Å². The third-order valence-electron chi connectivity index (χ3n) is 4.26. The molecule has 1 heterocycles. The second kappa shape index (κ2) is 8.62. The van der Waals surface area contributed by atoms with E-state index in [1.807, 2.05) is 6.07 Å². The lowest BCUT2D eigenvalue weighted by molar-refractivity contribution is 0.0935. The van der Waals surface area contributed by atoms with E-state index in [0.29, 0.717) is 16.2 Å². The van der Waals surface area contributed by atoms with Gasteiger partial charge in [-0.15, -0.1) is 0 Å². The Bertz CT molecular complexity index is 533. The van der Waals surface area contributed by atoms with Gasteiger partial charge in [0.05, 0.1) is 11.3 Å². The molecule has 2 N–H and O–H groups in total. The Morgan fingerprint density at radius 1 is 1.39 bits per heavy atom. The van der Waals surface area contributed by atoms with Crippen molar-refractivity contribution in [1.82, 2.24) is 10.3 Å². The molecule has 128 valence electrons. The number of alkyl halides is 1. The maximum atomic E-state index is 13.7. The Morgan fingerprint density at radius 2 is 2.09 bits per heavy atom. The highest BCUT2D eigenvalue weighted by Crippen LogP contribution is 2.25. The average molecular weight is 386 g/mol. The van der Waals surface area contributed by atoms with Crippen molar-refractivity contribution in [1.29, 1.82) is 0 Å². The van der Waals surface area contributed by atoms with Crippen LogP contribution in [0.3, 0.4) is 0 Å². The Labute approximate surface area is 145 Å². The van der Waals surface area contributed by atoms with Crippen molar-refractivity contribution in [2.24, 2.45) is 5.92 Å². The van der Waals surface area contributed by atoms with Crippen LogP contribution in [0.25, 0.3) is 0 Å². The molecular weight excluding hydrogens is 361 g/mol. The summed E-state index contributed by atoms with van der Waals surface area (Å²) in [7, 11) is 0. The van der Waals surface area contributed by atoms with Crippen molar-refractivity contribution < 1.29 is 9.18 Å². The molecule has 4 nitrogen and oxygen atoms in total. The molecule has 1 fully saturated rings. The second-order valence-corrected chi connectivity index (χ2v) is 7.31. The van der Waals surface area contributed by atoms with Gasteiger partial charge in [0.1, 0.15) is 10.8 Å². The minimum absolute atomic E-state index is 0.0232. The first kappa shape index (κ1) is 18.2. The molecule has 6 heteroatoms. The van der Waals surface area contributed by atoms with Gasteiger partial charge in [-0.3, -0.25) is 4.79 Å². The standard InChI is InChI=1S/C17H25BrFN3O/c1-11(2)14(19)10-21-17(23)13-9-20-16(18)8-15(13)22-12-6-4-3-5-7-12/h8-9,11-12,14H,3-7,10H2,1-2H3,(H,20,22)(H,21,23). The predicted octanol–water partition coefficient (Wildman–Crippen LogP) is 4.31. The fourth-order valence-corrected chi connectivity index (χ4v) is 3.05. The fourth-order valence-electron chi connectivity index (χ4n) is 2.72. The van der Waals surface area contributed by atoms with E-state index in [0.717, 1.165) is 18.5 Å². The van der Waals surface area contributed by atoms with E-state index < -0.39 is 6.17 Å².